The van der Waals surface area contributed by atoms with Crippen LogP contribution in [0, 0.1) is 0 Å². The molecule has 0 radical (unpaired) electrons. The van der Waals surface area contributed by atoms with Crippen molar-refractivity contribution in [1.82, 2.24) is 10.6 Å². The average molecular weight is 336 g/mol. The van der Waals surface area contributed by atoms with Crippen LogP contribution in [0.5, 0.6) is 0 Å². The molecule has 0 aliphatic heterocycles. The van der Waals surface area contributed by atoms with Crippen molar-refractivity contribution >= 4 is 33.4 Å². The third-order valence-electron chi connectivity index (χ3n) is 2.24. The van der Waals surface area contributed by atoms with Crippen molar-refractivity contribution in [1.29, 1.82) is 0 Å². The smallest absolute Gasteiger partial charge is 0.234 e. The second kappa shape index (κ2) is 8.48. The van der Waals surface area contributed by atoms with Gasteiger partial charge < -0.3 is 15.4 Å². The number of carbonyl (C=O) groups excluding carboxylic acids is 1. The van der Waals surface area contributed by atoms with Gasteiger partial charge in [-0.05, 0) is 17.7 Å². The molecule has 0 saturated carbocycles. The van der Waals surface area contributed by atoms with E-state index in [1.54, 1.807) is 7.11 Å². The average Bonchev–Trinajstić information content (AvgIpc) is 2.32. The van der Waals surface area contributed by atoms with Crippen LogP contribution in [0.15, 0.2) is 22.7 Å². The van der Waals surface area contributed by atoms with E-state index in [0.29, 0.717) is 24.7 Å². The summed E-state index contributed by atoms with van der Waals surface area (Å²) in [7, 11) is 1.60. The summed E-state index contributed by atoms with van der Waals surface area (Å²) in [5.41, 5.74) is 1.06. The summed E-state index contributed by atoms with van der Waals surface area (Å²) < 4.78 is 5.77. The summed E-state index contributed by atoms with van der Waals surface area (Å²) in [4.78, 5) is 11.4. The highest BCUT2D eigenvalue weighted by molar-refractivity contribution is 9.10. The molecule has 0 aromatic heterocycles. The number of hydrogen-bond donors (Lipinski definition) is 2. The van der Waals surface area contributed by atoms with Gasteiger partial charge in [0.1, 0.15) is 0 Å². The molecule has 1 aromatic rings. The first-order valence-corrected chi connectivity index (χ1v) is 6.71. The number of hydrogen-bond acceptors (Lipinski definition) is 3. The maximum atomic E-state index is 11.4. The van der Waals surface area contributed by atoms with Crippen LogP contribution in [0.1, 0.15) is 5.56 Å². The minimum Gasteiger partial charge on any atom is -0.383 e. The Morgan fingerprint density at radius 3 is 2.94 bits per heavy atom. The summed E-state index contributed by atoms with van der Waals surface area (Å²) in [5.74, 6) is -0.0443. The second-order valence-corrected chi connectivity index (χ2v) is 4.97. The second-order valence-electron chi connectivity index (χ2n) is 3.68. The lowest BCUT2D eigenvalue weighted by molar-refractivity contribution is -0.120. The largest absolute Gasteiger partial charge is 0.383 e. The van der Waals surface area contributed by atoms with Crippen molar-refractivity contribution < 1.29 is 9.53 Å². The molecule has 0 spiro atoms. The van der Waals surface area contributed by atoms with Gasteiger partial charge in [0.05, 0.1) is 13.2 Å². The van der Waals surface area contributed by atoms with Gasteiger partial charge in [-0.2, -0.15) is 0 Å². The Kier molecular flexibility index (Phi) is 7.27. The fourth-order valence-electron chi connectivity index (χ4n) is 1.33. The third-order valence-corrected chi connectivity index (χ3v) is 3.22. The molecule has 0 saturated heterocycles. The van der Waals surface area contributed by atoms with E-state index in [1.807, 2.05) is 18.2 Å². The van der Waals surface area contributed by atoms with Crippen molar-refractivity contribution in [3.63, 3.8) is 0 Å². The molecule has 18 heavy (non-hydrogen) atoms. The highest BCUT2D eigenvalue weighted by Crippen LogP contribution is 2.21. The van der Waals surface area contributed by atoms with E-state index < -0.39 is 0 Å². The Labute approximate surface area is 120 Å². The summed E-state index contributed by atoms with van der Waals surface area (Å²) >= 11 is 9.27. The van der Waals surface area contributed by atoms with E-state index in [-0.39, 0.29) is 12.5 Å². The highest BCUT2D eigenvalue weighted by atomic mass is 79.9. The highest BCUT2D eigenvalue weighted by Gasteiger charge is 2.03. The molecule has 0 bridgehead atoms. The monoisotopic (exact) mass is 334 g/mol. The SMILES string of the molecule is COCCNC(=O)CNCc1ccc(Cl)cc1Br. The summed E-state index contributed by atoms with van der Waals surface area (Å²) in [6.07, 6.45) is 0. The van der Waals surface area contributed by atoms with Crippen LogP contribution in [0.3, 0.4) is 0 Å². The lowest BCUT2D eigenvalue weighted by Gasteiger charge is -2.08. The number of ether oxygens (including phenoxy) is 1. The van der Waals surface area contributed by atoms with Gasteiger partial charge in [0, 0.05) is 29.7 Å². The van der Waals surface area contributed by atoms with Crippen molar-refractivity contribution in [2.24, 2.45) is 0 Å². The number of halogens is 2. The first kappa shape index (κ1) is 15.4. The predicted octanol–water partition coefficient (Wildman–Crippen LogP) is 1.95. The quantitative estimate of drug-likeness (QED) is 0.749. The van der Waals surface area contributed by atoms with Gasteiger partial charge >= 0.3 is 0 Å². The summed E-state index contributed by atoms with van der Waals surface area (Å²) in [6, 6.07) is 5.57. The molecule has 0 fully saturated rings. The van der Waals surface area contributed by atoms with Crippen LogP contribution in [0.25, 0.3) is 0 Å². The van der Waals surface area contributed by atoms with E-state index in [0.717, 1.165) is 10.0 Å². The fourth-order valence-corrected chi connectivity index (χ4v) is 2.15. The van der Waals surface area contributed by atoms with Crippen LogP contribution in [0.2, 0.25) is 5.02 Å². The van der Waals surface area contributed by atoms with Gasteiger partial charge in [-0.25, -0.2) is 0 Å². The summed E-state index contributed by atoms with van der Waals surface area (Å²) in [5, 5.41) is 6.48. The Morgan fingerprint density at radius 1 is 1.50 bits per heavy atom. The van der Waals surface area contributed by atoms with E-state index in [2.05, 4.69) is 26.6 Å². The number of benzene rings is 1. The zero-order chi connectivity index (χ0) is 13.4. The first-order chi connectivity index (χ1) is 8.63. The van der Waals surface area contributed by atoms with Crippen LogP contribution >= 0.6 is 27.5 Å². The Morgan fingerprint density at radius 2 is 2.28 bits per heavy atom. The molecule has 6 heteroatoms. The molecular weight excluding hydrogens is 320 g/mol. The zero-order valence-corrected chi connectivity index (χ0v) is 12.5. The number of rotatable bonds is 7. The van der Waals surface area contributed by atoms with Crippen molar-refractivity contribution in [3.8, 4) is 0 Å². The Balaban J connectivity index is 2.26. The van der Waals surface area contributed by atoms with Crippen LogP contribution in [-0.4, -0.2) is 32.7 Å². The standard InChI is InChI=1S/C12H16BrClN2O2/c1-18-5-4-16-12(17)8-15-7-9-2-3-10(14)6-11(9)13/h2-3,6,15H,4-5,7-8H2,1H3,(H,16,17). The molecule has 4 nitrogen and oxygen atoms in total. The molecule has 2 N–H and O–H groups in total. The van der Waals surface area contributed by atoms with Crippen LogP contribution in [0.4, 0.5) is 0 Å². The zero-order valence-electron chi connectivity index (χ0n) is 10.1. The topological polar surface area (TPSA) is 50.4 Å². The molecule has 0 aliphatic rings. The molecule has 100 valence electrons. The van der Waals surface area contributed by atoms with Crippen molar-refractivity contribution in [2.75, 3.05) is 26.8 Å². The predicted molar refractivity (Wildman–Crippen MR) is 75.7 cm³/mol. The van der Waals surface area contributed by atoms with Gasteiger partial charge in [0.15, 0.2) is 0 Å². The lowest BCUT2D eigenvalue weighted by Crippen LogP contribution is -2.35. The number of nitrogens with one attached hydrogen (secondary N) is 2. The Bertz CT molecular complexity index is 402. The normalized spacial score (nSPS) is 10.4. The molecule has 0 aliphatic carbocycles. The molecular formula is C12H16BrClN2O2. The van der Waals surface area contributed by atoms with Gasteiger partial charge in [-0.3, -0.25) is 4.79 Å². The third kappa shape index (κ3) is 5.82. The number of amides is 1. The maximum Gasteiger partial charge on any atom is 0.234 e. The van der Waals surface area contributed by atoms with Crippen molar-refractivity contribution in [3.05, 3.63) is 33.3 Å². The van der Waals surface area contributed by atoms with E-state index in [1.165, 1.54) is 0 Å². The van der Waals surface area contributed by atoms with Crippen molar-refractivity contribution in [2.45, 2.75) is 6.54 Å². The maximum absolute atomic E-state index is 11.4. The first-order valence-electron chi connectivity index (χ1n) is 5.53. The van der Waals surface area contributed by atoms with E-state index >= 15 is 0 Å². The fraction of sp³-hybridized carbons (Fsp3) is 0.417. The molecule has 0 heterocycles. The Hall–Kier alpha value is -0.620. The molecule has 1 rings (SSSR count). The minimum absolute atomic E-state index is 0.0443. The number of methoxy groups -OCH3 is 1. The van der Waals surface area contributed by atoms with Crippen LogP contribution in [-0.2, 0) is 16.1 Å². The minimum atomic E-state index is -0.0443. The molecule has 1 amide bonds. The van der Waals surface area contributed by atoms with E-state index in [9.17, 15) is 4.79 Å². The van der Waals surface area contributed by atoms with E-state index in [4.69, 9.17) is 16.3 Å². The van der Waals surface area contributed by atoms with Gasteiger partial charge in [0.25, 0.3) is 0 Å². The lowest BCUT2D eigenvalue weighted by atomic mass is 10.2. The van der Waals surface area contributed by atoms with Gasteiger partial charge in [-0.1, -0.05) is 33.6 Å². The summed E-state index contributed by atoms with van der Waals surface area (Å²) in [6.45, 7) is 1.93. The molecule has 1 aromatic carbocycles. The molecule has 0 unspecified atom stereocenters. The molecule has 0 atom stereocenters. The van der Waals surface area contributed by atoms with Gasteiger partial charge in [0.2, 0.25) is 5.91 Å². The van der Waals surface area contributed by atoms with Gasteiger partial charge in [-0.15, -0.1) is 0 Å². The number of carbonyl (C=O) groups is 1. The van der Waals surface area contributed by atoms with Crippen LogP contribution < -0.4 is 10.6 Å².